The second kappa shape index (κ2) is 7.24. The number of aryl methyl sites for hydroxylation is 1. The van der Waals surface area contributed by atoms with Crippen molar-refractivity contribution < 1.29 is 18.3 Å². The first-order valence-electron chi connectivity index (χ1n) is 7.71. The number of rotatable bonds is 6. The molecule has 1 aromatic rings. The number of aliphatic carboxylic acids is 1. The number of benzene rings is 1. The molecule has 0 aliphatic carbocycles. The van der Waals surface area contributed by atoms with Gasteiger partial charge in [0.2, 0.25) is 10.0 Å². The van der Waals surface area contributed by atoms with Gasteiger partial charge in [-0.3, -0.25) is 4.79 Å². The lowest BCUT2D eigenvalue weighted by Gasteiger charge is -2.33. The number of carboxylic acids is 1. The predicted octanol–water partition coefficient (Wildman–Crippen LogP) is 2.41. The standard InChI is InChI=1S/C16H23NO4S/c1-2-13-6-8-14(9-7-13)12-22(20,21)17-10-4-3-5-15(17)11-16(18)19/h6-9,15H,2-5,10-12H2,1H3,(H,18,19). The summed E-state index contributed by atoms with van der Waals surface area (Å²) in [5.74, 6) is -1.01. The average molecular weight is 325 g/mol. The average Bonchev–Trinajstić information content (AvgIpc) is 2.47. The Hall–Kier alpha value is -1.40. The highest BCUT2D eigenvalue weighted by Crippen LogP contribution is 2.25. The topological polar surface area (TPSA) is 74.7 Å². The largest absolute Gasteiger partial charge is 0.481 e. The molecule has 0 amide bonds. The second-order valence-corrected chi connectivity index (χ2v) is 7.71. The molecule has 0 saturated carbocycles. The minimum atomic E-state index is -3.48. The molecule has 22 heavy (non-hydrogen) atoms. The fourth-order valence-electron chi connectivity index (χ4n) is 2.91. The summed E-state index contributed by atoms with van der Waals surface area (Å²) < 4.78 is 26.7. The zero-order chi connectivity index (χ0) is 16.2. The van der Waals surface area contributed by atoms with Gasteiger partial charge in [-0.2, -0.15) is 4.31 Å². The lowest BCUT2D eigenvalue weighted by molar-refractivity contribution is -0.138. The molecule has 5 nitrogen and oxygen atoms in total. The summed E-state index contributed by atoms with van der Waals surface area (Å²) in [5, 5.41) is 8.98. The van der Waals surface area contributed by atoms with Gasteiger partial charge in [-0.15, -0.1) is 0 Å². The number of piperidine rings is 1. The van der Waals surface area contributed by atoms with Gasteiger partial charge in [-0.1, -0.05) is 37.6 Å². The number of carbonyl (C=O) groups is 1. The van der Waals surface area contributed by atoms with E-state index in [-0.39, 0.29) is 12.2 Å². The second-order valence-electron chi connectivity index (χ2n) is 5.78. The molecular weight excluding hydrogens is 302 g/mol. The van der Waals surface area contributed by atoms with Crippen LogP contribution in [0.25, 0.3) is 0 Å². The molecule has 1 heterocycles. The predicted molar refractivity (Wildman–Crippen MR) is 85.0 cm³/mol. The van der Waals surface area contributed by atoms with Crippen LogP contribution in [0.4, 0.5) is 0 Å². The van der Waals surface area contributed by atoms with Gasteiger partial charge >= 0.3 is 5.97 Å². The maximum Gasteiger partial charge on any atom is 0.304 e. The van der Waals surface area contributed by atoms with Crippen LogP contribution in [0.15, 0.2) is 24.3 Å². The van der Waals surface area contributed by atoms with E-state index < -0.39 is 22.0 Å². The van der Waals surface area contributed by atoms with Crippen molar-refractivity contribution in [1.82, 2.24) is 4.31 Å². The Labute approximate surface area is 132 Å². The van der Waals surface area contributed by atoms with Crippen LogP contribution < -0.4 is 0 Å². The molecule has 1 atom stereocenters. The van der Waals surface area contributed by atoms with Crippen LogP contribution in [0.1, 0.15) is 43.7 Å². The minimum Gasteiger partial charge on any atom is -0.481 e. The Kier molecular flexibility index (Phi) is 5.58. The molecule has 0 bridgehead atoms. The van der Waals surface area contributed by atoms with Gasteiger partial charge < -0.3 is 5.11 Å². The zero-order valence-corrected chi connectivity index (χ0v) is 13.7. The van der Waals surface area contributed by atoms with Gasteiger partial charge in [-0.25, -0.2) is 8.42 Å². The minimum absolute atomic E-state index is 0.0624. The molecule has 1 saturated heterocycles. The number of hydrogen-bond acceptors (Lipinski definition) is 3. The van der Waals surface area contributed by atoms with Gasteiger partial charge in [0.05, 0.1) is 12.2 Å². The van der Waals surface area contributed by atoms with Crippen molar-refractivity contribution in [2.24, 2.45) is 0 Å². The van der Waals surface area contributed by atoms with Crippen LogP contribution in [0.3, 0.4) is 0 Å². The van der Waals surface area contributed by atoms with Crippen molar-refractivity contribution in [2.75, 3.05) is 6.54 Å². The van der Waals surface area contributed by atoms with E-state index in [1.54, 1.807) is 0 Å². The third-order valence-corrected chi connectivity index (χ3v) is 6.01. The van der Waals surface area contributed by atoms with E-state index in [9.17, 15) is 13.2 Å². The van der Waals surface area contributed by atoms with E-state index >= 15 is 0 Å². The highest BCUT2D eigenvalue weighted by Gasteiger charge is 2.33. The van der Waals surface area contributed by atoms with Crippen LogP contribution in [0.5, 0.6) is 0 Å². The quantitative estimate of drug-likeness (QED) is 0.871. The van der Waals surface area contributed by atoms with E-state index in [1.165, 1.54) is 9.87 Å². The van der Waals surface area contributed by atoms with Crippen molar-refractivity contribution in [3.8, 4) is 0 Å². The van der Waals surface area contributed by atoms with Crippen molar-refractivity contribution in [2.45, 2.75) is 50.8 Å². The van der Waals surface area contributed by atoms with Gasteiger partial charge in [0.25, 0.3) is 0 Å². The van der Waals surface area contributed by atoms with Crippen LogP contribution in [0, 0.1) is 0 Å². The van der Waals surface area contributed by atoms with Crippen LogP contribution in [-0.4, -0.2) is 36.4 Å². The van der Waals surface area contributed by atoms with Crippen LogP contribution in [-0.2, 0) is 27.0 Å². The molecule has 6 heteroatoms. The Morgan fingerprint density at radius 1 is 1.23 bits per heavy atom. The SMILES string of the molecule is CCc1ccc(CS(=O)(=O)N2CCCCC2CC(=O)O)cc1. The molecule has 122 valence electrons. The third-order valence-electron chi connectivity index (χ3n) is 4.12. The van der Waals surface area contributed by atoms with E-state index in [4.69, 9.17) is 5.11 Å². The summed E-state index contributed by atoms with van der Waals surface area (Å²) in [6, 6.07) is 7.15. The maximum absolute atomic E-state index is 12.6. The van der Waals surface area contributed by atoms with E-state index in [0.29, 0.717) is 13.0 Å². The van der Waals surface area contributed by atoms with Gasteiger partial charge in [0, 0.05) is 12.6 Å². The Morgan fingerprint density at radius 2 is 1.86 bits per heavy atom. The highest BCUT2D eigenvalue weighted by atomic mass is 32.2. The lowest BCUT2D eigenvalue weighted by Crippen LogP contribution is -2.45. The maximum atomic E-state index is 12.6. The normalized spacial score (nSPS) is 20.0. The van der Waals surface area contributed by atoms with E-state index in [0.717, 1.165) is 24.8 Å². The zero-order valence-electron chi connectivity index (χ0n) is 12.9. The Morgan fingerprint density at radius 3 is 2.45 bits per heavy atom. The number of nitrogens with zero attached hydrogens (tertiary/aromatic N) is 1. The molecule has 0 aromatic heterocycles. The molecule has 1 fully saturated rings. The molecule has 1 aliphatic rings. The molecule has 0 spiro atoms. The number of sulfonamides is 1. The van der Waals surface area contributed by atoms with Crippen molar-refractivity contribution in [3.63, 3.8) is 0 Å². The highest BCUT2D eigenvalue weighted by molar-refractivity contribution is 7.88. The Balaban J connectivity index is 2.14. The van der Waals surface area contributed by atoms with Gasteiger partial charge in [0.1, 0.15) is 0 Å². The molecule has 1 N–H and O–H groups in total. The molecule has 2 rings (SSSR count). The van der Waals surface area contributed by atoms with Crippen molar-refractivity contribution in [1.29, 1.82) is 0 Å². The van der Waals surface area contributed by atoms with Crippen LogP contribution in [0.2, 0.25) is 0 Å². The summed E-state index contributed by atoms with van der Waals surface area (Å²) in [7, 11) is -3.48. The summed E-state index contributed by atoms with van der Waals surface area (Å²) in [6.45, 7) is 2.48. The first kappa shape index (κ1) is 17.0. The summed E-state index contributed by atoms with van der Waals surface area (Å²) in [5.41, 5.74) is 1.92. The third kappa shape index (κ3) is 4.30. The number of hydrogen-bond donors (Lipinski definition) is 1. The molecule has 1 unspecified atom stereocenters. The first-order valence-corrected chi connectivity index (χ1v) is 9.32. The molecule has 0 radical (unpaired) electrons. The fraction of sp³-hybridized carbons (Fsp3) is 0.562. The van der Waals surface area contributed by atoms with E-state index in [1.807, 2.05) is 24.3 Å². The summed E-state index contributed by atoms with van der Waals surface area (Å²) in [6.07, 6.45) is 3.10. The lowest BCUT2D eigenvalue weighted by atomic mass is 10.0. The smallest absolute Gasteiger partial charge is 0.304 e. The number of carboxylic acid groups (broad SMARTS) is 1. The monoisotopic (exact) mass is 325 g/mol. The summed E-state index contributed by atoms with van der Waals surface area (Å²) in [4.78, 5) is 10.9. The molecule has 1 aromatic carbocycles. The van der Waals surface area contributed by atoms with Crippen LogP contribution >= 0.6 is 0 Å². The molecule has 1 aliphatic heterocycles. The van der Waals surface area contributed by atoms with Gasteiger partial charge in [-0.05, 0) is 30.4 Å². The molecular formula is C16H23NO4S. The van der Waals surface area contributed by atoms with Crippen molar-refractivity contribution >= 4 is 16.0 Å². The summed E-state index contributed by atoms with van der Waals surface area (Å²) >= 11 is 0. The van der Waals surface area contributed by atoms with E-state index in [2.05, 4.69) is 6.92 Å². The first-order chi connectivity index (χ1) is 10.4. The van der Waals surface area contributed by atoms with Gasteiger partial charge in [0.15, 0.2) is 0 Å². The fourth-order valence-corrected chi connectivity index (χ4v) is 4.73. The Bertz CT molecular complexity index is 610. The van der Waals surface area contributed by atoms with Crippen molar-refractivity contribution in [3.05, 3.63) is 35.4 Å².